The lowest BCUT2D eigenvalue weighted by Crippen LogP contribution is -2.62. The molecule has 2 aliphatic rings. The second-order valence-corrected chi connectivity index (χ2v) is 17.6. The number of aromatic nitrogens is 1. The summed E-state index contributed by atoms with van der Waals surface area (Å²) in [5.41, 5.74) is 3.56. The van der Waals surface area contributed by atoms with Crippen molar-refractivity contribution in [3.05, 3.63) is 138 Å². The highest BCUT2D eigenvalue weighted by molar-refractivity contribution is 5.99. The van der Waals surface area contributed by atoms with E-state index >= 15 is 0 Å². The molecular formula is C52H60N8O11. The Bertz CT molecular complexity index is 2610. The Hall–Kier alpha value is -7.77. The maximum absolute atomic E-state index is 14.7. The first-order valence-electron chi connectivity index (χ1n) is 23.8. The minimum absolute atomic E-state index is 0.000274. The summed E-state index contributed by atoms with van der Waals surface area (Å²) in [4.78, 5) is 103. The van der Waals surface area contributed by atoms with Crippen LogP contribution in [-0.4, -0.2) is 124 Å². The van der Waals surface area contributed by atoms with Gasteiger partial charge in [0.05, 0.1) is 19.8 Å². The Morgan fingerprint density at radius 3 is 1.93 bits per heavy atom. The third-order valence-corrected chi connectivity index (χ3v) is 12.4. The van der Waals surface area contributed by atoms with Crippen LogP contribution in [0.5, 0.6) is 5.75 Å². The number of H-pyrrole nitrogens is 1. The number of carbonyl (C=O) groups excluding carboxylic acids is 7. The van der Waals surface area contributed by atoms with Gasteiger partial charge in [0.25, 0.3) is 0 Å². The number of nitrogens with zero attached hydrogens (tertiary/aromatic N) is 1. The van der Waals surface area contributed by atoms with Crippen molar-refractivity contribution in [1.29, 1.82) is 0 Å². The van der Waals surface area contributed by atoms with E-state index in [-0.39, 0.29) is 70.8 Å². The molecule has 71 heavy (non-hydrogen) atoms. The van der Waals surface area contributed by atoms with Gasteiger partial charge in [0, 0.05) is 43.0 Å². The predicted octanol–water partition coefficient (Wildman–Crippen LogP) is 2.39. The van der Waals surface area contributed by atoms with Crippen LogP contribution < -0.4 is 31.9 Å². The van der Waals surface area contributed by atoms with Crippen molar-refractivity contribution >= 4 is 52.4 Å². The third kappa shape index (κ3) is 14.4. The number of aromatic amines is 1. The summed E-state index contributed by atoms with van der Waals surface area (Å²) >= 11 is 0. The summed E-state index contributed by atoms with van der Waals surface area (Å²) in [6.07, 6.45) is 2.09. The molecule has 0 aliphatic carbocycles. The standard InChI is InChI=1S/C52H60N8O11/c61-29-43-49(66)57-42(27-36-28-54-39-17-8-7-16-38(36)39)48(65)55-40(18-9-10-24-53-52(69)71-31-35-14-5-2-6-15-35)46(63)56-41(26-33-20-22-37(62)23-21-33)47(64)59-44(32-70-30-34-12-3-1-4-13-34)51(68)60-25-11-19-45(60)50(67)58-43/h1-8,12-17,20-23,28,40-45,54,61-62H,9-11,18-19,24-27,29-32H2,(H,53,69)(H,55,65)(H,56,63)(H,57,66)(H,58,67)(H,59,64)/t40-,41-,42-,43-,44-,45+/m0/s1. The number of nitrogens with one attached hydrogen (secondary N) is 7. The van der Waals surface area contributed by atoms with E-state index in [0.29, 0.717) is 24.0 Å². The number of phenols is 1. The Morgan fingerprint density at radius 2 is 1.23 bits per heavy atom. The SMILES string of the molecule is O=C(NCCCC[C@@H]1NC(=O)[C@H](Cc2c[nH]c3ccccc23)NC(=O)[C@H](CO)NC(=O)[C@H]2CCCN2C(=O)[C@H](COCc2ccccc2)NC(=O)[C@H](Cc2ccc(O)cc2)NC1=O)OCc1ccccc1. The number of benzene rings is 4. The van der Waals surface area contributed by atoms with Gasteiger partial charge >= 0.3 is 6.09 Å². The fourth-order valence-electron chi connectivity index (χ4n) is 8.61. The molecule has 4 aromatic carbocycles. The van der Waals surface area contributed by atoms with Crippen LogP contribution >= 0.6 is 0 Å². The molecular weight excluding hydrogens is 913 g/mol. The molecule has 0 unspecified atom stereocenters. The first-order valence-corrected chi connectivity index (χ1v) is 23.8. The number of aliphatic hydroxyl groups is 1. The van der Waals surface area contributed by atoms with E-state index in [0.717, 1.165) is 22.0 Å². The van der Waals surface area contributed by atoms with Gasteiger partial charge in [0.2, 0.25) is 35.4 Å². The molecule has 0 radical (unpaired) electrons. The average molecular weight is 973 g/mol. The number of amides is 7. The lowest BCUT2D eigenvalue weighted by molar-refractivity contribution is -0.144. The Kier molecular flexibility index (Phi) is 18.1. The van der Waals surface area contributed by atoms with Crippen LogP contribution in [0.1, 0.15) is 54.4 Å². The second-order valence-electron chi connectivity index (χ2n) is 17.6. The van der Waals surface area contributed by atoms with Crippen LogP contribution in [0.2, 0.25) is 0 Å². The van der Waals surface area contributed by atoms with Gasteiger partial charge in [-0.15, -0.1) is 0 Å². The van der Waals surface area contributed by atoms with Gasteiger partial charge in [0.1, 0.15) is 48.6 Å². The topological polar surface area (TPSA) is 270 Å². The van der Waals surface area contributed by atoms with Crippen LogP contribution in [0.15, 0.2) is 115 Å². The fourth-order valence-corrected chi connectivity index (χ4v) is 8.61. The number of fused-ring (bicyclic) bond motifs is 2. The molecule has 19 nitrogen and oxygen atoms in total. The van der Waals surface area contributed by atoms with Crippen LogP contribution in [0.25, 0.3) is 10.9 Å². The molecule has 19 heteroatoms. The van der Waals surface area contributed by atoms with Crippen LogP contribution in [-0.2, 0) is 64.3 Å². The van der Waals surface area contributed by atoms with E-state index in [1.54, 1.807) is 18.3 Å². The van der Waals surface area contributed by atoms with Gasteiger partial charge in [0.15, 0.2) is 0 Å². The summed E-state index contributed by atoms with van der Waals surface area (Å²) in [5, 5.41) is 37.6. The monoisotopic (exact) mass is 972 g/mol. The van der Waals surface area contributed by atoms with Gasteiger partial charge in [-0.05, 0) is 72.6 Å². The van der Waals surface area contributed by atoms with E-state index in [4.69, 9.17) is 9.47 Å². The first-order chi connectivity index (χ1) is 34.4. The molecule has 374 valence electrons. The number of unbranched alkanes of at least 4 members (excludes halogenated alkanes) is 1. The lowest BCUT2D eigenvalue weighted by Gasteiger charge is -2.31. The molecule has 7 rings (SSSR count). The second kappa shape index (κ2) is 25.2. The zero-order chi connectivity index (χ0) is 50.1. The molecule has 6 atom stereocenters. The van der Waals surface area contributed by atoms with E-state index in [2.05, 4.69) is 36.9 Å². The number of aliphatic hydroxyl groups excluding tert-OH is 1. The molecule has 7 amide bonds. The summed E-state index contributed by atoms with van der Waals surface area (Å²) < 4.78 is 11.3. The maximum atomic E-state index is 14.7. The van der Waals surface area contributed by atoms with Crippen molar-refractivity contribution in [2.75, 3.05) is 26.3 Å². The number of rotatable bonds is 16. The summed E-state index contributed by atoms with van der Waals surface area (Å²) in [5.74, 6) is -4.62. The number of carbonyl (C=O) groups is 7. The van der Waals surface area contributed by atoms with Gasteiger partial charge < -0.3 is 61.5 Å². The summed E-state index contributed by atoms with van der Waals surface area (Å²) in [6.45, 7) is -0.739. The number of phenolic OH excluding ortho intramolecular Hbond substituents is 1. The molecule has 3 heterocycles. The van der Waals surface area contributed by atoms with Crippen molar-refractivity contribution in [2.45, 2.75) is 94.4 Å². The minimum Gasteiger partial charge on any atom is -0.508 e. The average Bonchev–Trinajstić information content (AvgIpc) is 4.05. The Labute approximate surface area is 410 Å². The van der Waals surface area contributed by atoms with Crippen molar-refractivity contribution in [3.63, 3.8) is 0 Å². The molecule has 1 aromatic heterocycles. The zero-order valence-corrected chi connectivity index (χ0v) is 39.1. The molecule has 0 spiro atoms. The highest BCUT2D eigenvalue weighted by Crippen LogP contribution is 2.22. The van der Waals surface area contributed by atoms with Crippen molar-refractivity contribution in [3.8, 4) is 5.75 Å². The van der Waals surface area contributed by atoms with Gasteiger partial charge in [-0.25, -0.2) is 4.79 Å². The number of para-hydroxylation sites is 1. The lowest BCUT2D eigenvalue weighted by atomic mass is 10.0. The predicted molar refractivity (Wildman–Crippen MR) is 260 cm³/mol. The van der Waals surface area contributed by atoms with Gasteiger partial charge in [-0.3, -0.25) is 28.8 Å². The molecule has 5 aromatic rings. The largest absolute Gasteiger partial charge is 0.508 e. The molecule has 0 bridgehead atoms. The Morgan fingerprint density at radius 1 is 0.634 bits per heavy atom. The third-order valence-electron chi connectivity index (χ3n) is 12.4. The van der Waals surface area contributed by atoms with Crippen molar-refractivity contribution < 1.29 is 53.2 Å². The molecule has 2 fully saturated rings. The molecule has 9 N–H and O–H groups in total. The molecule has 2 saturated heterocycles. The number of aromatic hydroxyl groups is 1. The number of alkyl carbamates (subject to hydrolysis) is 1. The Balaban J connectivity index is 1.18. The zero-order valence-electron chi connectivity index (χ0n) is 39.1. The number of ether oxygens (including phenoxy) is 2. The van der Waals surface area contributed by atoms with Crippen molar-refractivity contribution in [1.82, 2.24) is 41.8 Å². The minimum atomic E-state index is -1.55. The maximum Gasteiger partial charge on any atom is 0.407 e. The van der Waals surface area contributed by atoms with E-state index in [1.165, 1.54) is 17.0 Å². The van der Waals surface area contributed by atoms with Gasteiger partial charge in [-0.1, -0.05) is 91.0 Å². The summed E-state index contributed by atoms with van der Waals surface area (Å²) in [6, 6.07) is 23.6. The molecule has 2 aliphatic heterocycles. The quantitative estimate of drug-likeness (QED) is 0.0648. The van der Waals surface area contributed by atoms with Crippen molar-refractivity contribution in [2.24, 2.45) is 0 Å². The van der Waals surface area contributed by atoms with Crippen LogP contribution in [0, 0.1) is 0 Å². The fraction of sp³-hybridized carbons (Fsp3) is 0.365. The van der Waals surface area contributed by atoms with E-state index < -0.39 is 84.4 Å². The number of hydrogen-bond donors (Lipinski definition) is 9. The number of hydrogen-bond acceptors (Lipinski definition) is 11. The smallest absolute Gasteiger partial charge is 0.407 e. The highest BCUT2D eigenvalue weighted by Gasteiger charge is 2.41. The molecule has 0 saturated carbocycles. The first kappa shape index (κ1) is 51.1. The van der Waals surface area contributed by atoms with Crippen LogP contribution in [0.4, 0.5) is 4.79 Å². The van der Waals surface area contributed by atoms with Crippen LogP contribution in [0.3, 0.4) is 0 Å². The van der Waals surface area contributed by atoms with E-state index in [9.17, 15) is 43.8 Å². The normalized spacial score (nSPS) is 21.5. The highest BCUT2D eigenvalue weighted by atomic mass is 16.5. The van der Waals surface area contributed by atoms with E-state index in [1.807, 2.05) is 84.9 Å². The summed E-state index contributed by atoms with van der Waals surface area (Å²) in [7, 11) is 0. The van der Waals surface area contributed by atoms with Gasteiger partial charge in [-0.2, -0.15) is 0 Å².